The number of halogens is 5. The summed E-state index contributed by atoms with van der Waals surface area (Å²) in [6, 6.07) is 8.88. The summed E-state index contributed by atoms with van der Waals surface area (Å²) in [6.45, 7) is 9.95. The van der Waals surface area contributed by atoms with Crippen LogP contribution >= 0.6 is 23.2 Å². The van der Waals surface area contributed by atoms with E-state index in [0.29, 0.717) is 16.1 Å². The maximum atomic E-state index is 13.7. The third-order valence-corrected chi connectivity index (χ3v) is 6.96. The van der Waals surface area contributed by atoms with Crippen LogP contribution in [-0.4, -0.2) is 23.2 Å². The number of carboxylic acid groups (broad SMARTS) is 1. The van der Waals surface area contributed by atoms with Gasteiger partial charge in [0, 0.05) is 10.9 Å². The number of alkyl halides is 3. The van der Waals surface area contributed by atoms with Crippen molar-refractivity contribution in [2.45, 2.75) is 59.6 Å². The Bertz CT molecular complexity index is 1080. The molecular weight excluding hydrogens is 502 g/mol. The summed E-state index contributed by atoms with van der Waals surface area (Å²) in [4.78, 5) is 25.1. The minimum atomic E-state index is -4.63. The topological polar surface area (TPSA) is 66.4 Å². The zero-order valence-corrected chi connectivity index (χ0v) is 21.9. The molecule has 0 aliphatic rings. The fourth-order valence-corrected chi connectivity index (χ4v) is 4.92. The quantitative estimate of drug-likeness (QED) is 0.379. The van der Waals surface area contributed by atoms with Crippen LogP contribution in [0, 0.1) is 24.2 Å². The van der Waals surface area contributed by atoms with Crippen LogP contribution in [0.25, 0.3) is 0 Å². The Morgan fingerprint density at radius 1 is 0.971 bits per heavy atom. The second-order valence-corrected chi connectivity index (χ2v) is 10.8. The lowest BCUT2D eigenvalue weighted by Gasteiger charge is -2.36. The molecule has 0 saturated heterocycles. The van der Waals surface area contributed by atoms with Gasteiger partial charge in [0.15, 0.2) is 0 Å². The van der Waals surface area contributed by atoms with Crippen molar-refractivity contribution in [1.29, 1.82) is 0 Å². The van der Waals surface area contributed by atoms with Gasteiger partial charge in [-0.2, -0.15) is 13.2 Å². The van der Waals surface area contributed by atoms with Gasteiger partial charge >= 0.3 is 12.1 Å². The van der Waals surface area contributed by atoms with Crippen molar-refractivity contribution in [3.05, 3.63) is 63.1 Å². The summed E-state index contributed by atoms with van der Waals surface area (Å²) in [7, 11) is 0. The van der Waals surface area contributed by atoms with E-state index in [1.54, 1.807) is 19.9 Å². The molecule has 192 valence electrons. The Kier molecular flexibility index (Phi) is 8.93. The van der Waals surface area contributed by atoms with Gasteiger partial charge in [-0.1, -0.05) is 76.0 Å². The smallest absolute Gasteiger partial charge is 0.392 e. The molecule has 2 aromatic carbocycles. The van der Waals surface area contributed by atoms with Gasteiger partial charge < -0.3 is 10.4 Å². The SMILES string of the molecule is Cc1c(C([C@@H](C)C(=O)O)C(C)(C)C)ccc(Cl)c1NC(=O)[C@H](c1ccc(Cl)cc1)[C@@H](C)C(F)(F)F. The Morgan fingerprint density at radius 2 is 1.51 bits per heavy atom. The summed E-state index contributed by atoms with van der Waals surface area (Å²) >= 11 is 12.3. The number of carbonyl (C=O) groups excluding carboxylic acids is 1. The minimum Gasteiger partial charge on any atom is -0.481 e. The molecule has 0 saturated carbocycles. The Hall–Kier alpha value is -2.25. The highest BCUT2D eigenvalue weighted by Gasteiger charge is 2.45. The zero-order chi connectivity index (χ0) is 26.9. The number of hydrogen-bond donors (Lipinski definition) is 2. The first-order chi connectivity index (χ1) is 16.0. The van der Waals surface area contributed by atoms with E-state index in [4.69, 9.17) is 23.2 Å². The maximum absolute atomic E-state index is 13.7. The van der Waals surface area contributed by atoms with E-state index in [2.05, 4.69) is 5.32 Å². The highest BCUT2D eigenvalue weighted by atomic mass is 35.5. The van der Waals surface area contributed by atoms with Gasteiger partial charge in [0.25, 0.3) is 0 Å². The minimum absolute atomic E-state index is 0.143. The molecule has 2 rings (SSSR count). The van der Waals surface area contributed by atoms with Gasteiger partial charge in [0.1, 0.15) is 0 Å². The lowest BCUT2D eigenvalue weighted by atomic mass is 9.69. The lowest BCUT2D eigenvalue weighted by molar-refractivity contribution is -0.178. The molecule has 35 heavy (non-hydrogen) atoms. The summed E-state index contributed by atoms with van der Waals surface area (Å²) in [6.07, 6.45) is -4.63. The summed E-state index contributed by atoms with van der Waals surface area (Å²) in [5.74, 6) is -6.60. The van der Waals surface area contributed by atoms with Gasteiger partial charge in [-0.3, -0.25) is 9.59 Å². The average Bonchev–Trinajstić information content (AvgIpc) is 2.72. The van der Waals surface area contributed by atoms with Crippen molar-refractivity contribution in [3.63, 3.8) is 0 Å². The Balaban J connectivity index is 2.58. The number of hydrogen-bond acceptors (Lipinski definition) is 2. The van der Waals surface area contributed by atoms with Gasteiger partial charge in [-0.05, 0) is 47.2 Å². The molecule has 4 atom stereocenters. The van der Waals surface area contributed by atoms with Crippen molar-refractivity contribution in [3.8, 4) is 0 Å². The molecular formula is C26H30Cl2F3NO3. The van der Waals surface area contributed by atoms with Crippen LogP contribution in [0.4, 0.5) is 18.9 Å². The highest BCUT2D eigenvalue weighted by molar-refractivity contribution is 6.34. The highest BCUT2D eigenvalue weighted by Crippen LogP contribution is 2.45. The first kappa shape index (κ1) is 29.0. The number of benzene rings is 2. The fourth-order valence-electron chi connectivity index (χ4n) is 4.54. The van der Waals surface area contributed by atoms with Gasteiger partial charge in [-0.15, -0.1) is 0 Å². The molecule has 0 radical (unpaired) electrons. The molecule has 2 aromatic rings. The molecule has 0 fully saturated rings. The Labute approximate surface area is 213 Å². The van der Waals surface area contributed by atoms with Gasteiger partial charge in [0.2, 0.25) is 5.91 Å². The molecule has 1 amide bonds. The van der Waals surface area contributed by atoms with Gasteiger partial charge in [0.05, 0.1) is 28.5 Å². The monoisotopic (exact) mass is 531 g/mol. The summed E-state index contributed by atoms with van der Waals surface area (Å²) < 4.78 is 41.1. The molecule has 0 heterocycles. The zero-order valence-electron chi connectivity index (χ0n) is 20.4. The summed E-state index contributed by atoms with van der Waals surface area (Å²) in [5, 5.41) is 12.8. The number of anilines is 1. The lowest BCUT2D eigenvalue weighted by Crippen LogP contribution is -2.35. The molecule has 1 unspecified atom stereocenters. The molecule has 2 N–H and O–H groups in total. The third kappa shape index (κ3) is 6.70. The number of rotatable bonds is 7. The van der Waals surface area contributed by atoms with Crippen molar-refractivity contribution in [2.24, 2.45) is 17.3 Å². The third-order valence-electron chi connectivity index (χ3n) is 6.39. The van der Waals surface area contributed by atoms with Crippen LogP contribution in [0.5, 0.6) is 0 Å². The number of amides is 1. The predicted molar refractivity (Wildman–Crippen MR) is 133 cm³/mol. The van der Waals surface area contributed by atoms with Crippen molar-refractivity contribution >= 4 is 40.8 Å². The van der Waals surface area contributed by atoms with Crippen LogP contribution in [0.2, 0.25) is 10.0 Å². The van der Waals surface area contributed by atoms with Crippen LogP contribution in [0.15, 0.2) is 36.4 Å². The second-order valence-electron chi connectivity index (χ2n) is 9.96. The first-order valence-corrected chi connectivity index (χ1v) is 11.9. The molecule has 0 spiro atoms. The van der Waals surface area contributed by atoms with E-state index in [0.717, 1.165) is 6.92 Å². The van der Waals surface area contributed by atoms with Crippen LogP contribution in [0.3, 0.4) is 0 Å². The van der Waals surface area contributed by atoms with Crippen molar-refractivity contribution in [1.82, 2.24) is 0 Å². The van der Waals surface area contributed by atoms with Crippen LogP contribution < -0.4 is 5.32 Å². The van der Waals surface area contributed by atoms with Crippen molar-refractivity contribution in [2.75, 3.05) is 5.32 Å². The summed E-state index contributed by atoms with van der Waals surface area (Å²) in [5.41, 5.74) is 1.02. The van der Waals surface area contributed by atoms with Gasteiger partial charge in [-0.25, -0.2) is 0 Å². The predicted octanol–water partition coefficient (Wildman–Crippen LogP) is 8.07. The maximum Gasteiger partial charge on any atom is 0.392 e. The first-order valence-electron chi connectivity index (χ1n) is 11.1. The van der Waals surface area contributed by atoms with Crippen molar-refractivity contribution < 1.29 is 27.9 Å². The largest absolute Gasteiger partial charge is 0.481 e. The van der Waals surface area contributed by atoms with Crippen LogP contribution in [-0.2, 0) is 9.59 Å². The van der Waals surface area contributed by atoms with E-state index in [1.165, 1.54) is 30.3 Å². The molecule has 0 aliphatic carbocycles. The van der Waals surface area contributed by atoms with E-state index >= 15 is 0 Å². The molecule has 0 aromatic heterocycles. The second kappa shape index (κ2) is 10.8. The number of carbonyl (C=O) groups is 2. The van der Waals surface area contributed by atoms with E-state index in [1.807, 2.05) is 20.8 Å². The van der Waals surface area contributed by atoms with E-state index in [-0.39, 0.29) is 16.3 Å². The Morgan fingerprint density at radius 3 is 1.97 bits per heavy atom. The normalized spacial score (nSPS) is 15.7. The van der Waals surface area contributed by atoms with Crippen LogP contribution in [0.1, 0.15) is 63.1 Å². The number of carboxylic acids is 1. The molecule has 4 nitrogen and oxygen atoms in total. The number of nitrogens with one attached hydrogen (secondary N) is 1. The fraction of sp³-hybridized carbons (Fsp3) is 0.462. The molecule has 9 heteroatoms. The molecule has 0 aliphatic heterocycles. The van der Waals surface area contributed by atoms with E-state index < -0.39 is 47.1 Å². The number of aliphatic carboxylic acids is 1. The average molecular weight is 532 g/mol. The molecule has 0 bridgehead atoms. The van der Waals surface area contributed by atoms with E-state index in [9.17, 15) is 27.9 Å². The standard InChI is InChI=1S/C26H30Cl2F3NO3/c1-13-18(21(25(4,5)6)14(2)24(34)35)11-12-19(28)22(13)32-23(33)20(15(3)26(29,30)31)16-7-9-17(27)10-8-16/h7-12,14-15,20-21H,1-6H3,(H,32,33)(H,34,35)/t14-,15-,20+,21?/m1/s1.